The topological polar surface area (TPSA) is 34.1 Å². The van der Waals surface area contributed by atoms with Gasteiger partial charge in [0.15, 0.2) is 9.84 Å². The highest BCUT2D eigenvalue weighted by Crippen LogP contribution is 2.16. The maximum Gasteiger partial charge on any atom is 0.178 e. The molecule has 0 saturated carbocycles. The van der Waals surface area contributed by atoms with E-state index in [1.807, 2.05) is 6.07 Å². The minimum atomic E-state index is -3.07. The van der Waals surface area contributed by atoms with Crippen LogP contribution >= 0.6 is 0 Å². The third kappa shape index (κ3) is 3.97. The summed E-state index contributed by atoms with van der Waals surface area (Å²) in [5.74, 6) is 0.751. The molecule has 1 aromatic rings. The SMILES string of the molecule is CCCC(C)CCS(=O)(=O)c1ccccc1. The average Bonchev–Trinajstić information content (AvgIpc) is 2.28. The molecular weight excluding hydrogens is 220 g/mol. The van der Waals surface area contributed by atoms with Crippen molar-refractivity contribution < 1.29 is 8.42 Å². The lowest BCUT2D eigenvalue weighted by Crippen LogP contribution is -2.10. The van der Waals surface area contributed by atoms with Crippen LogP contribution in [0.25, 0.3) is 0 Å². The van der Waals surface area contributed by atoms with Gasteiger partial charge in [-0.1, -0.05) is 44.9 Å². The fourth-order valence-corrected chi connectivity index (χ4v) is 3.26. The van der Waals surface area contributed by atoms with E-state index in [9.17, 15) is 8.42 Å². The first kappa shape index (κ1) is 13.2. The van der Waals surface area contributed by atoms with Crippen molar-refractivity contribution in [3.63, 3.8) is 0 Å². The number of hydrogen-bond acceptors (Lipinski definition) is 2. The van der Waals surface area contributed by atoms with E-state index >= 15 is 0 Å². The summed E-state index contributed by atoms with van der Waals surface area (Å²) < 4.78 is 23.9. The smallest absolute Gasteiger partial charge is 0.178 e. The molecule has 1 atom stereocenters. The van der Waals surface area contributed by atoms with E-state index in [1.54, 1.807) is 24.3 Å². The summed E-state index contributed by atoms with van der Waals surface area (Å²) in [4.78, 5) is 0.443. The Morgan fingerprint density at radius 2 is 1.75 bits per heavy atom. The first-order valence-electron chi connectivity index (χ1n) is 5.84. The molecule has 1 aromatic carbocycles. The second kappa shape index (κ2) is 6.04. The molecule has 16 heavy (non-hydrogen) atoms. The van der Waals surface area contributed by atoms with Gasteiger partial charge in [-0.3, -0.25) is 0 Å². The lowest BCUT2D eigenvalue weighted by Gasteiger charge is -2.10. The van der Waals surface area contributed by atoms with Crippen molar-refractivity contribution in [3.05, 3.63) is 30.3 Å². The van der Waals surface area contributed by atoms with Gasteiger partial charge in [0, 0.05) is 0 Å². The highest BCUT2D eigenvalue weighted by Gasteiger charge is 2.14. The summed E-state index contributed by atoms with van der Waals surface area (Å²) >= 11 is 0. The molecule has 0 aromatic heterocycles. The summed E-state index contributed by atoms with van der Waals surface area (Å²) in [6.45, 7) is 4.24. The molecule has 0 aliphatic heterocycles. The van der Waals surface area contributed by atoms with Crippen molar-refractivity contribution in [2.75, 3.05) is 5.75 Å². The lowest BCUT2D eigenvalue weighted by atomic mass is 10.0. The monoisotopic (exact) mass is 240 g/mol. The Morgan fingerprint density at radius 1 is 1.12 bits per heavy atom. The highest BCUT2D eigenvalue weighted by molar-refractivity contribution is 7.91. The van der Waals surface area contributed by atoms with E-state index < -0.39 is 9.84 Å². The summed E-state index contributed by atoms with van der Waals surface area (Å²) in [5, 5.41) is 0. The van der Waals surface area contributed by atoms with Crippen LogP contribution in [0.1, 0.15) is 33.1 Å². The van der Waals surface area contributed by atoms with Crippen LogP contribution in [0.2, 0.25) is 0 Å². The van der Waals surface area contributed by atoms with E-state index in [2.05, 4.69) is 13.8 Å². The second-order valence-electron chi connectivity index (χ2n) is 4.31. The molecule has 2 nitrogen and oxygen atoms in total. The summed E-state index contributed by atoms with van der Waals surface area (Å²) in [5.41, 5.74) is 0. The summed E-state index contributed by atoms with van der Waals surface area (Å²) in [6, 6.07) is 8.70. The van der Waals surface area contributed by atoms with Crippen molar-refractivity contribution >= 4 is 9.84 Å². The van der Waals surface area contributed by atoms with Crippen molar-refractivity contribution in [1.82, 2.24) is 0 Å². The van der Waals surface area contributed by atoms with Gasteiger partial charge < -0.3 is 0 Å². The molecule has 0 bridgehead atoms. The zero-order valence-corrected chi connectivity index (χ0v) is 10.8. The molecule has 0 fully saturated rings. The van der Waals surface area contributed by atoms with E-state index in [0.29, 0.717) is 10.8 Å². The Balaban J connectivity index is 2.60. The standard InChI is InChI=1S/C13H20O2S/c1-3-7-12(2)10-11-16(14,15)13-8-5-4-6-9-13/h4-6,8-9,12H,3,7,10-11H2,1-2H3. The third-order valence-corrected chi connectivity index (χ3v) is 4.53. The summed E-state index contributed by atoms with van der Waals surface area (Å²) in [6.07, 6.45) is 2.97. The molecule has 0 saturated heterocycles. The Hall–Kier alpha value is -0.830. The van der Waals surface area contributed by atoms with Gasteiger partial charge in [-0.2, -0.15) is 0 Å². The van der Waals surface area contributed by atoms with Gasteiger partial charge in [0.25, 0.3) is 0 Å². The van der Waals surface area contributed by atoms with Crippen LogP contribution in [-0.4, -0.2) is 14.2 Å². The molecule has 0 radical (unpaired) electrons. The zero-order chi connectivity index (χ0) is 12.0. The van der Waals surface area contributed by atoms with Crippen molar-refractivity contribution in [2.45, 2.75) is 38.0 Å². The Morgan fingerprint density at radius 3 is 2.31 bits per heavy atom. The highest BCUT2D eigenvalue weighted by atomic mass is 32.2. The van der Waals surface area contributed by atoms with Gasteiger partial charge in [0.05, 0.1) is 10.6 Å². The van der Waals surface area contributed by atoms with Crippen LogP contribution in [0.3, 0.4) is 0 Å². The van der Waals surface area contributed by atoms with Gasteiger partial charge in [-0.25, -0.2) is 8.42 Å². The molecule has 0 N–H and O–H groups in total. The summed E-state index contributed by atoms with van der Waals surface area (Å²) in [7, 11) is -3.07. The zero-order valence-electron chi connectivity index (χ0n) is 10.0. The van der Waals surface area contributed by atoms with Crippen LogP contribution in [0.5, 0.6) is 0 Å². The van der Waals surface area contributed by atoms with E-state index in [0.717, 1.165) is 19.3 Å². The molecule has 1 unspecified atom stereocenters. The molecule has 0 aliphatic rings. The van der Waals surface area contributed by atoms with Gasteiger partial charge in [0.2, 0.25) is 0 Å². The number of benzene rings is 1. The van der Waals surface area contributed by atoms with Gasteiger partial charge in [0.1, 0.15) is 0 Å². The van der Waals surface area contributed by atoms with Crippen LogP contribution in [-0.2, 0) is 9.84 Å². The predicted octanol–water partition coefficient (Wildman–Crippen LogP) is 3.29. The fraction of sp³-hybridized carbons (Fsp3) is 0.538. The van der Waals surface area contributed by atoms with Gasteiger partial charge >= 0.3 is 0 Å². The number of rotatable bonds is 6. The molecule has 0 heterocycles. The number of hydrogen-bond donors (Lipinski definition) is 0. The minimum Gasteiger partial charge on any atom is -0.224 e. The van der Waals surface area contributed by atoms with Crippen LogP contribution in [0.4, 0.5) is 0 Å². The van der Waals surface area contributed by atoms with Crippen LogP contribution in [0.15, 0.2) is 35.2 Å². The largest absolute Gasteiger partial charge is 0.224 e. The Kier molecular flexibility index (Phi) is 5.00. The fourth-order valence-electron chi connectivity index (χ4n) is 1.74. The minimum absolute atomic E-state index is 0.262. The van der Waals surface area contributed by atoms with Crippen molar-refractivity contribution in [1.29, 1.82) is 0 Å². The van der Waals surface area contributed by atoms with E-state index in [1.165, 1.54) is 0 Å². The van der Waals surface area contributed by atoms with Crippen LogP contribution < -0.4 is 0 Å². The first-order valence-corrected chi connectivity index (χ1v) is 7.49. The molecule has 0 aliphatic carbocycles. The molecule has 90 valence electrons. The quantitative estimate of drug-likeness (QED) is 0.764. The van der Waals surface area contributed by atoms with E-state index in [-0.39, 0.29) is 5.75 Å². The molecule has 0 spiro atoms. The van der Waals surface area contributed by atoms with Gasteiger partial charge in [-0.15, -0.1) is 0 Å². The normalized spacial score (nSPS) is 13.6. The maximum atomic E-state index is 11.9. The van der Waals surface area contributed by atoms with Gasteiger partial charge in [-0.05, 0) is 24.5 Å². The lowest BCUT2D eigenvalue weighted by molar-refractivity contribution is 0.503. The maximum absolute atomic E-state index is 11.9. The Bertz CT molecular complexity index is 395. The third-order valence-electron chi connectivity index (χ3n) is 2.76. The molecule has 0 amide bonds. The Labute approximate surface area is 98.6 Å². The molecule has 1 rings (SSSR count). The predicted molar refractivity (Wildman–Crippen MR) is 67.2 cm³/mol. The van der Waals surface area contributed by atoms with Crippen LogP contribution in [0, 0.1) is 5.92 Å². The molecule has 3 heteroatoms. The average molecular weight is 240 g/mol. The molecular formula is C13H20O2S. The van der Waals surface area contributed by atoms with Crippen molar-refractivity contribution in [3.8, 4) is 0 Å². The number of sulfone groups is 1. The van der Waals surface area contributed by atoms with E-state index in [4.69, 9.17) is 0 Å². The second-order valence-corrected chi connectivity index (χ2v) is 6.42. The van der Waals surface area contributed by atoms with Crippen molar-refractivity contribution in [2.24, 2.45) is 5.92 Å². The first-order chi connectivity index (χ1) is 7.56.